The topological polar surface area (TPSA) is 85.5 Å². The zero-order valence-electron chi connectivity index (χ0n) is 13.7. The summed E-state index contributed by atoms with van der Waals surface area (Å²) in [5.74, 6) is -1.51. The van der Waals surface area contributed by atoms with Crippen LogP contribution in [0.15, 0.2) is 4.42 Å². The number of hydrogen-bond donors (Lipinski definition) is 0. The van der Waals surface area contributed by atoms with Gasteiger partial charge in [0.25, 0.3) is 0 Å². The van der Waals surface area contributed by atoms with E-state index in [1.165, 1.54) is 4.31 Å². The molecular weight excluding hydrogens is 363 g/mol. The summed E-state index contributed by atoms with van der Waals surface area (Å²) in [6.45, 7) is 0.484. The molecule has 2 aliphatic rings. The highest BCUT2D eigenvalue weighted by Gasteiger charge is 2.43. The lowest BCUT2D eigenvalue weighted by molar-refractivity contribution is -0.183. The molecule has 1 saturated heterocycles. The van der Waals surface area contributed by atoms with Gasteiger partial charge in [-0.25, -0.2) is 8.42 Å². The summed E-state index contributed by atoms with van der Waals surface area (Å²) in [4.78, 5) is 0. The Morgan fingerprint density at radius 3 is 2.60 bits per heavy atom. The first kappa shape index (κ1) is 18.6. The van der Waals surface area contributed by atoms with Gasteiger partial charge >= 0.3 is 6.18 Å². The molecule has 25 heavy (non-hydrogen) atoms. The molecule has 0 bridgehead atoms. The highest BCUT2D eigenvalue weighted by Crippen LogP contribution is 2.43. The molecule has 0 spiro atoms. The van der Waals surface area contributed by atoms with Gasteiger partial charge in [-0.05, 0) is 19.3 Å². The molecule has 1 aromatic rings. The summed E-state index contributed by atoms with van der Waals surface area (Å²) in [5.41, 5.74) is 0. The first-order chi connectivity index (χ1) is 11.6. The summed E-state index contributed by atoms with van der Waals surface area (Å²) in [6, 6.07) is 0. The molecule has 0 N–H and O–H groups in total. The second-order valence-corrected chi connectivity index (χ2v) is 8.54. The zero-order valence-corrected chi connectivity index (χ0v) is 14.5. The maximum atomic E-state index is 12.9. The Morgan fingerprint density at radius 2 is 1.92 bits per heavy atom. The predicted octanol–water partition coefficient (Wildman–Crippen LogP) is 2.24. The molecule has 1 saturated carbocycles. The number of morpholine rings is 1. The van der Waals surface area contributed by atoms with Crippen LogP contribution in [0.4, 0.5) is 13.2 Å². The summed E-state index contributed by atoms with van der Waals surface area (Å²) in [7, 11) is -3.37. The summed E-state index contributed by atoms with van der Waals surface area (Å²) in [6.07, 6.45) is -2.74. The van der Waals surface area contributed by atoms with E-state index in [9.17, 15) is 21.6 Å². The van der Waals surface area contributed by atoms with E-state index in [0.29, 0.717) is 12.8 Å². The maximum Gasteiger partial charge on any atom is 0.391 e. The van der Waals surface area contributed by atoms with Crippen molar-refractivity contribution in [3.63, 3.8) is 0 Å². The lowest BCUT2D eigenvalue weighted by Crippen LogP contribution is -2.41. The van der Waals surface area contributed by atoms with E-state index >= 15 is 0 Å². The Hall–Kier alpha value is -1.20. The Morgan fingerprint density at radius 1 is 1.20 bits per heavy atom. The fourth-order valence-electron chi connectivity index (χ4n) is 3.33. The second-order valence-electron chi connectivity index (χ2n) is 6.56. The van der Waals surface area contributed by atoms with Gasteiger partial charge in [0.15, 0.2) is 0 Å². The standard InChI is InChI=1S/C14H20F3N3O4S/c1-25(21,22)20-5-6-23-11(8-20)13-19-18-12(24-13)9-3-2-4-10(7-9)14(15,16)17/h9-11H,2-8H2,1H3/t9-,10+,11-/m0/s1. The molecule has 0 amide bonds. The van der Waals surface area contributed by atoms with Crippen LogP contribution < -0.4 is 0 Å². The largest absolute Gasteiger partial charge is 0.422 e. The molecule has 1 aliphatic carbocycles. The zero-order chi connectivity index (χ0) is 18.2. The van der Waals surface area contributed by atoms with Gasteiger partial charge in [0.05, 0.1) is 18.8 Å². The first-order valence-corrected chi connectivity index (χ1v) is 9.96. The van der Waals surface area contributed by atoms with Crippen molar-refractivity contribution in [1.29, 1.82) is 0 Å². The second kappa shape index (κ2) is 6.84. The summed E-state index contributed by atoms with van der Waals surface area (Å²) in [5, 5.41) is 7.76. The van der Waals surface area contributed by atoms with Gasteiger partial charge in [0, 0.05) is 19.0 Å². The monoisotopic (exact) mass is 383 g/mol. The molecule has 3 atom stereocenters. The van der Waals surface area contributed by atoms with Crippen molar-refractivity contribution in [1.82, 2.24) is 14.5 Å². The van der Waals surface area contributed by atoms with Crippen LogP contribution in [0.5, 0.6) is 0 Å². The number of ether oxygens (including phenoxy) is 1. The number of aromatic nitrogens is 2. The molecule has 2 fully saturated rings. The third-order valence-corrected chi connectivity index (χ3v) is 5.99. The molecule has 1 aliphatic heterocycles. The van der Waals surface area contributed by atoms with E-state index in [-0.39, 0.29) is 44.3 Å². The summed E-state index contributed by atoms with van der Waals surface area (Å²) >= 11 is 0. The van der Waals surface area contributed by atoms with E-state index in [2.05, 4.69) is 10.2 Å². The Bertz CT molecular complexity index is 706. The molecule has 0 radical (unpaired) electrons. The van der Waals surface area contributed by atoms with Gasteiger partial charge in [0.1, 0.15) is 6.10 Å². The van der Waals surface area contributed by atoms with Crippen LogP contribution in [0.25, 0.3) is 0 Å². The normalized spacial score (nSPS) is 29.7. The number of sulfonamides is 1. The van der Waals surface area contributed by atoms with Crippen molar-refractivity contribution in [3.8, 4) is 0 Å². The fourth-order valence-corrected chi connectivity index (χ4v) is 4.14. The van der Waals surface area contributed by atoms with Gasteiger partial charge in [-0.2, -0.15) is 17.5 Å². The average Bonchev–Trinajstić information content (AvgIpc) is 3.04. The van der Waals surface area contributed by atoms with Crippen molar-refractivity contribution < 1.29 is 30.7 Å². The van der Waals surface area contributed by atoms with Crippen molar-refractivity contribution in [2.24, 2.45) is 5.92 Å². The highest BCUT2D eigenvalue weighted by molar-refractivity contribution is 7.88. The number of halogens is 3. The molecule has 2 heterocycles. The molecule has 3 rings (SSSR count). The molecule has 0 aromatic carbocycles. The van der Waals surface area contributed by atoms with Gasteiger partial charge in [0.2, 0.25) is 21.8 Å². The van der Waals surface area contributed by atoms with Gasteiger partial charge in [-0.3, -0.25) is 0 Å². The lowest BCUT2D eigenvalue weighted by Gasteiger charge is -2.29. The lowest BCUT2D eigenvalue weighted by atomic mass is 9.81. The van der Waals surface area contributed by atoms with Crippen molar-refractivity contribution >= 4 is 10.0 Å². The smallest absolute Gasteiger partial charge is 0.391 e. The van der Waals surface area contributed by atoms with Crippen LogP contribution in [0.1, 0.15) is 49.5 Å². The van der Waals surface area contributed by atoms with E-state index in [1.807, 2.05) is 0 Å². The van der Waals surface area contributed by atoms with Crippen LogP contribution >= 0.6 is 0 Å². The Balaban J connectivity index is 1.70. The van der Waals surface area contributed by atoms with Crippen molar-refractivity contribution in [2.45, 2.75) is 43.9 Å². The van der Waals surface area contributed by atoms with E-state index in [0.717, 1.165) is 6.26 Å². The minimum absolute atomic E-state index is 0.0519. The molecule has 0 unspecified atom stereocenters. The van der Waals surface area contributed by atoms with Crippen LogP contribution in [0, 0.1) is 5.92 Å². The minimum Gasteiger partial charge on any atom is -0.422 e. The molecule has 7 nitrogen and oxygen atoms in total. The van der Waals surface area contributed by atoms with Crippen molar-refractivity contribution in [2.75, 3.05) is 26.0 Å². The number of hydrogen-bond acceptors (Lipinski definition) is 6. The average molecular weight is 383 g/mol. The van der Waals surface area contributed by atoms with Crippen LogP contribution in [-0.2, 0) is 14.8 Å². The predicted molar refractivity (Wildman–Crippen MR) is 80.2 cm³/mol. The molecular formula is C14H20F3N3O4S. The van der Waals surface area contributed by atoms with E-state index in [4.69, 9.17) is 9.15 Å². The third-order valence-electron chi connectivity index (χ3n) is 4.72. The molecule has 1 aromatic heterocycles. The minimum atomic E-state index is -4.22. The molecule has 11 heteroatoms. The van der Waals surface area contributed by atoms with Crippen molar-refractivity contribution in [3.05, 3.63) is 11.8 Å². The Kier molecular flexibility index (Phi) is 5.09. The van der Waals surface area contributed by atoms with Gasteiger partial charge < -0.3 is 9.15 Å². The third kappa shape index (κ3) is 4.32. The summed E-state index contributed by atoms with van der Waals surface area (Å²) < 4.78 is 74.4. The maximum absolute atomic E-state index is 12.9. The molecule has 142 valence electrons. The van der Waals surface area contributed by atoms with Crippen LogP contribution in [0.3, 0.4) is 0 Å². The van der Waals surface area contributed by atoms with Gasteiger partial charge in [-0.15, -0.1) is 10.2 Å². The highest BCUT2D eigenvalue weighted by atomic mass is 32.2. The van der Waals surface area contributed by atoms with Gasteiger partial charge in [-0.1, -0.05) is 6.42 Å². The number of rotatable bonds is 3. The fraction of sp³-hybridized carbons (Fsp3) is 0.857. The van der Waals surface area contributed by atoms with E-state index < -0.39 is 34.1 Å². The number of alkyl halides is 3. The van der Waals surface area contributed by atoms with Crippen LogP contribution in [0.2, 0.25) is 0 Å². The SMILES string of the molecule is CS(=O)(=O)N1CCO[C@H](c2nnc([C@H]3CCC[C@@H](C(F)(F)F)C3)o2)C1. The first-order valence-electron chi connectivity index (χ1n) is 8.11. The van der Waals surface area contributed by atoms with Crippen LogP contribution in [-0.4, -0.2) is 55.0 Å². The quantitative estimate of drug-likeness (QED) is 0.796. The van der Waals surface area contributed by atoms with E-state index in [1.54, 1.807) is 0 Å². The Labute approximate surface area is 143 Å². The number of nitrogens with zero attached hydrogens (tertiary/aromatic N) is 3.